The van der Waals surface area contributed by atoms with Crippen LogP contribution in [0.5, 0.6) is 0 Å². The number of anilines is 2. The summed E-state index contributed by atoms with van der Waals surface area (Å²) in [5.74, 6) is -2.06. The Balaban J connectivity index is 2.02. The molecule has 0 unspecified atom stereocenters. The lowest BCUT2D eigenvalue weighted by atomic mass is 10.1. The zero-order valence-corrected chi connectivity index (χ0v) is 14.0. The van der Waals surface area contributed by atoms with E-state index in [1.54, 1.807) is 18.2 Å². The predicted molar refractivity (Wildman–Crippen MR) is 95.9 cm³/mol. The largest absolute Gasteiger partial charge is 0.477 e. The quantitative estimate of drug-likeness (QED) is 0.726. The van der Waals surface area contributed by atoms with Gasteiger partial charge in [0.25, 0.3) is 0 Å². The highest BCUT2D eigenvalue weighted by atomic mass is 32.1. The molecule has 1 aromatic heterocycles. The van der Waals surface area contributed by atoms with Crippen molar-refractivity contribution < 1.29 is 14.3 Å². The number of para-hydroxylation sites is 1. The number of nitrogens with zero attached hydrogens (tertiary/aromatic N) is 2. The van der Waals surface area contributed by atoms with Gasteiger partial charge in [-0.1, -0.05) is 24.3 Å². The van der Waals surface area contributed by atoms with Crippen molar-refractivity contribution in [3.05, 3.63) is 70.9 Å². The van der Waals surface area contributed by atoms with Crippen LogP contribution in [0.3, 0.4) is 0 Å². The summed E-state index contributed by atoms with van der Waals surface area (Å²) in [6.07, 6.45) is 0. The van der Waals surface area contributed by atoms with E-state index in [0.717, 1.165) is 17.0 Å². The van der Waals surface area contributed by atoms with E-state index >= 15 is 0 Å². The number of carbonyl (C=O) groups is 1. The minimum atomic E-state index is -1.30. The summed E-state index contributed by atoms with van der Waals surface area (Å²) in [7, 11) is 1.86. The van der Waals surface area contributed by atoms with Crippen molar-refractivity contribution in [1.82, 2.24) is 0 Å². The summed E-state index contributed by atoms with van der Waals surface area (Å²) in [5, 5.41) is 18.5. The topological polar surface area (TPSA) is 64.3 Å². The molecule has 124 valence electrons. The van der Waals surface area contributed by atoms with E-state index in [-0.39, 0.29) is 4.88 Å². The molecule has 0 aliphatic heterocycles. The van der Waals surface area contributed by atoms with Gasteiger partial charge in [0.2, 0.25) is 0 Å². The van der Waals surface area contributed by atoms with Crippen LogP contribution in [0.25, 0.3) is 10.4 Å². The minimum Gasteiger partial charge on any atom is -0.477 e. The van der Waals surface area contributed by atoms with Crippen LogP contribution in [0.2, 0.25) is 0 Å². The second-order valence-electron chi connectivity index (χ2n) is 5.33. The van der Waals surface area contributed by atoms with Gasteiger partial charge in [-0.2, -0.15) is 5.26 Å². The molecule has 0 aliphatic carbocycles. The Kier molecular flexibility index (Phi) is 4.50. The number of benzene rings is 2. The van der Waals surface area contributed by atoms with E-state index in [0.29, 0.717) is 21.7 Å². The molecule has 0 aliphatic rings. The third-order valence-corrected chi connectivity index (χ3v) is 4.93. The van der Waals surface area contributed by atoms with Crippen molar-refractivity contribution in [3.8, 4) is 16.5 Å². The number of hydrogen-bond acceptors (Lipinski definition) is 4. The Labute approximate surface area is 148 Å². The zero-order valence-electron chi connectivity index (χ0n) is 13.2. The molecule has 3 aromatic rings. The highest BCUT2D eigenvalue weighted by molar-refractivity contribution is 7.17. The number of rotatable bonds is 4. The number of thiophene rings is 1. The Morgan fingerprint density at radius 2 is 1.92 bits per heavy atom. The van der Waals surface area contributed by atoms with Gasteiger partial charge >= 0.3 is 5.97 Å². The second kappa shape index (κ2) is 6.75. The molecular weight excluding hydrogens is 339 g/mol. The Morgan fingerprint density at radius 3 is 2.52 bits per heavy atom. The van der Waals surface area contributed by atoms with Crippen LogP contribution in [0, 0.1) is 17.1 Å². The van der Waals surface area contributed by atoms with Crippen LogP contribution in [0.4, 0.5) is 15.8 Å². The molecule has 2 aromatic carbocycles. The molecule has 1 heterocycles. The highest BCUT2D eigenvalue weighted by Gasteiger charge is 2.17. The molecule has 0 radical (unpaired) electrons. The number of nitriles is 1. The standard InChI is InChI=1S/C19H13FN2O2S/c1-22(14-5-3-2-4-6-14)16-8-7-12(9-13(16)11-21)17-10-15(20)18(25-17)19(23)24/h2-10H,1H3,(H,23,24). The van der Waals surface area contributed by atoms with Gasteiger partial charge in [0, 0.05) is 17.6 Å². The lowest BCUT2D eigenvalue weighted by molar-refractivity contribution is 0.0697. The van der Waals surface area contributed by atoms with Crippen molar-refractivity contribution in [3.63, 3.8) is 0 Å². The van der Waals surface area contributed by atoms with Crippen molar-refractivity contribution in [2.24, 2.45) is 0 Å². The summed E-state index contributed by atoms with van der Waals surface area (Å²) < 4.78 is 13.7. The Bertz CT molecular complexity index is 977. The van der Waals surface area contributed by atoms with Crippen molar-refractivity contribution in [2.75, 3.05) is 11.9 Å². The van der Waals surface area contributed by atoms with Crippen molar-refractivity contribution in [1.29, 1.82) is 5.26 Å². The number of halogens is 1. The summed E-state index contributed by atoms with van der Waals surface area (Å²) in [6, 6.07) is 18.1. The summed E-state index contributed by atoms with van der Waals surface area (Å²) >= 11 is 0.853. The maximum Gasteiger partial charge on any atom is 0.348 e. The molecule has 0 fully saturated rings. The number of hydrogen-bond donors (Lipinski definition) is 1. The Morgan fingerprint density at radius 1 is 1.20 bits per heavy atom. The van der Waals surface area contributed by atoms with Crippen molar-refractivity contribution in [2.45, 2.75) is 0 Å². The van der Waals surface area contributed by atoms with E-state index in [2.05, 4.69) is 6.07 Å². The first kappa shape index (κ1) is 16.7. The van der Waals surface area contributed by atoms with Gasteiger partial charge in [0.05, 0.1) is 11.3 Å². The summed E-state index contributed by atoms with van der Waals surface area (Å²) in [4.78, 5) is 13.0. The fourth-order valence-electron chi connectivity index (χ4n) is 2.52. The van der Waals surface area contributed by atoms with E-state index in [9.17, 15) is 14.4 Å². The first-order chi connectivity index (χ1) is 12.0. The molecule has 0 bridgehead atoms. The molecule has 6 heteroatoms. The fourth-order valence-corrected chi connectivity index (χ4v) is 3.39. The molecule has 0 saturated heterocycles. The van der Waals surface area contributed by atoms with Crippen LogP contribution in [-0.2, 0) is 0 Å². The van der Waals surface area contributed by atoms with Crippen LogP contribution < -0.4 is 4.90 Å². The van der Waals surface area contributed by atoms with Gasteiger partial charge in [-0.3, -0.25) is 0 Å². The SMILES string of the molecule is CN(c1ccccc1)c1ccc(-c2cc(F)c(C(=O)O)s2)cc1C#N. The van der Waals surface area contributed by atoms with Gasteiger partial charge in [0.15, 0.2) is 0 Å². The predicted octanol–water partition coefficient (Wildman–Crippen LogP) is 4.89. The molecule has 0 saturated carbocycles. The number of aromatic carboxylic acids is 1. The molecule has 0 amide bonds. The van der Waals surface area contributed by atoms with E-state index in [4.69, 9.17) is 5.11 Å². The minimum absolute atomic E-state index is 0.334. The molecule has 0 atom stereocenters. The number of carboxylic acid groups (broad SMARTS) is 1. The van der Waals surface area contributed by atoms with Gasteiger partial charge < -0.3 is 10.0 Å². The van der Waals surface area contributed by atoms with Gasteiger partial charge in [0.1, 0.15) is 16.8 Å². The molecule has 3 rings (SSSR count). The second-order valence-corrected chi connectivity index (χ2v) is 6.38. The molecule has 25 heavy (non-hydrogen) atoms. The average molecular weight is 352 g/mol. The molecular formula is C19H13FN2O2S. The van der Waals surface area contributed by atoms with Gasteiger partial charge in [-0.15, -0.1) is 11.3 Å². The summed E-state index contributed by atoms with van der Waals surface area (Å²) in [5.41, 5.74) is 2.68. The number of carboxylic acids is 1. The Hall–Kier alpha value is -3.17. The summed E-state index contributed by atoms with van der Waals surface area (Å²) in [6.45, 7) is 0. The van der Waals surface area contributed by atoms with Crippen LogP contribution in [0.15, 0.2) is 54.6 Å². The molecule has 0 spiro atoms. The monoisotopic (exact) mass is 352 g/mol. The van der Waals surface area contributed by atoms with Crippen LogP contribution in [-0.4, -0.2) is 18.1 Å². The van der Waals surface area contributed by atoms with Crippen LogP contribution >= 0.6 is 11.3 Å². The fraction of sp³-hybridized carbons (Fsp3) is 0.0526. The first-order valence-corrected chi connectivity index (χ1v) is 8.19. The lowest BCUT2D eigenvalue weighted by Crippen LogP contribution is -2.10. The van der Waals surface area contributed by atoms with Crippen LogP contribution in [0.1, 0.15) is 15.2 Å². The smallest absolute Gasteiger partial charge is 0.348 e. The highest BCUT2D eigenvalue weighted by Crippen LogP contribution is 2.35. The molecule has 1 N–H and O–H groups in total. The molecule has 4 nitrogen and oxygen atoms in total. The van der Waals surface area contributed by atoms with Gasteiger partial charge in [-0.05, 0) is 35.9 Å². The maximum absolute atomic E-state index is 13.7. The van der Waals surface area contributed by atoms with E-state index in [1.807, 2.05) is 42.3 Å². The average Bonchev–Trinajstić information content (AvgIpc) is 3.03. The van der Waals surface area contributed by atoms with Gasteiger partial charge in [-0.25, -0.2) is 9.18 Å². The van der Waals surface area contributed by atoms with Crippen molar-refractivity contribution >= 4 is 28.7 Å². The third kappa shape index (κ3) is 3.23. The third-order valence-electron chi connectivity index (χ3n) is 3.79. The van der Waals surface area contributed by atoms with E-state index in [1.165, 1.54) is 6.07 Å². The zero-order chi connectivity index (χ0) is 18.0. The maximum atomic E-state index is 13.7. The normalized spacial score (nSPS) is 10.3. The lowest BCUT2D eigenvalue weighted by Gasteiger charge is -2.21. The first-order valence-electron chi connectivity index (χ1n) is 7.37. The van der Waals surface area contributed by atoms with E-state index < -0.39 is 11.8 Å².